The number of benzene rings is 1. The van der Waals surface area contributed by atoms with Crippen LogP contribution in [-0.4, -0.2) is 29.9 Å². The van der Waals surface area contributed by atoms with Crippen molar-refractivity contribution in [1.82, 2.24) is 0 Å². The predicted octanol–water partition coefficient (Wildman–Crippen LogP) is 3.23. The summed E-state index contributed by atoms with van der Waals surface area (Å²) in [5, 5.41) is 0. The number of hydrogen-bond donors (Lipinski definition) is 0. The molecule has 0 saturated carbocycles. The molecule has 1 amide bonds. The van der Waals surface area contributed by atoms with E-state index >= 15 is 0 Å². The second kappa shape index (κ2) is 6.06. The normalized spacial score (nSPS) is 19.0. The summed E-state index contributed by atoms with van der Waals surface area (Å²) in [6.45, 7) is 6.07. The third-order valence-corrected chi connectivity index (χ3v) is 3.65. The van der Waals surface area contributed by atoms with Crippen molar-refractivity contribution in [3.8, 4) is 0 Å². The van der Waals surface area contributed by atoms with Crippen LogP contribution in [0.2, 0.25) is 0 Å². The first-order chi connectivity index (χ1) is 9.80. The van der Waals surface area contributed by atoms with Gasteiger partial charge >= 0.3 is 5.97 Å². The van der Waals surface area contributed by atoms with Crippen LogP contribution < -0.4 is 4.90 Å². The fourth-order valence-corrected chi connectivity index (χ4v) is 2.48. The van der Waals surface area contributed by atoms with E-state index in [1.165, 1.54) is 0 Å². The molecule has 0 N–H and O–H groups in total. The molecule has 0 spiro atoms. The van der Waals surface area contributed by atoms with Crippen molar-refractivity contribution in [3.63, 3.8) is 0 Å². The lowest BCUT2D eigenvalue weighted by Gasteiger charge is -2.21. The predicted molar refractivity (Wildman–Crippen MR) is 82.8 cm³/mol. The Kier molecular flexibility index (Phi) is 4.57. The lowest BCUT2D eigenvalue weighted by Crippen LogP contribution is -2.26. The Balaban J connectivity index is 2.18. The molecule has 5 heteroatoms. The van der Waals surface area contributed by atoms with Crippen molar-refractivity contribution < 1.29 is 14.3 Å². The summed E-state index contributed by atoms with van der Waals surface area (Å²) in [6.07, 6.45) is 0.458. The highest BCUT2D eigenvalue weighted by atomic mass is 35.5. The quantitative estimate of drug-likeness (QED) is 0.636. The zero-order valence-electron chi connectivity index (χ0n) is 12.6. The van der Waals surface area contributed by atoms with Gasteiger partial charge in [-0.05, 0) is 44.9 Å². The van der Waals surface area contributed by atoms with E-state index in [9.17, 15) is 9.59 Å². The molecule has 1 aromatic carbocycles. The molecule has 114 valence electrons. The van der Waals surface area contributed by atoms with Gasteiger partial charge in [0.2, 0.25) is 5.91 Å². The number of amides is 1. The molecule has 2 rings (SSSR count). The fourth-order valence-electron chi connectivity index (χ4n) is 2.27. The number of esters is 1. The van der Waals surface area contributed by atoms with Gasteiger partial charge in [-0.25, -0.2) is 4.79 Å². The standard InChI is InChI=1S/C16H20ClNO3/c1-16(2,3)21-15(20)12-5-4-6-13(8-12)18-10-11(9-17)7-14(18)19/h4-6,8,11H,7,9-10H2,1-3H3. The van der Waals surface area contributed by atoms with Gasteiger partial charge in [0, 0.05) is 24.5 Å². The summed E-state index contributed by atoms with van der Waals surface area (Å²) < 4.78 is 5.35. The van der Waals surface area contributed by atoms with Gasteiger partial charge in [0.15, 0.2) is 0 Å². The molecule has 1 atom stereocenters. The summed E-state index contributed by atoms with van der Waals surface area (Å²) in [7, 11) is 0. The first-order valence-electron chi connectivity index (χ1n) is 7.00. The maximum Gasteiger partial charge on any atom is 0.338 e. The maximum absolute atomic E-state index is 12.1. The number of carbonyl (C=O) groups is 2. The number of hydrogen-bond acceptors (Lipinski definition) is 3. The average Bonchev–Trinajstić information content (AvgIpc) is 2.78. The molecule has 1 saturated heterocycles. The molecule has 0 radical (unpaired) electrons. The highest BCUT2D eigenvalue weighted by molar-refractivity contribution is 6.18. The number of carbonyl (C=O) groups excluding carboxylic acids is 2. The lowest BCUT2D eigenvalue weighted by molar-refractivity contribution is -0.117. The minimum absolute atomic E-state index is 0.0435. The van der Waals surface area contributed by atoms with E-state index in [-0.39, 0.29) is 17.8 Å². The molecule has 1 aliphatic rings. The van der Waals surface area contributed by atoms with Crippen molar-refractivity contribution in [2.45, 2.75) is 32.8 Å². The second-order valence-electron chi connectivity index (χ2n) is 6.28. The Morgan fingerprint density at radius 3 is 2.71 bits per heavy atom. The van der Waals surface area contributed by atoms with Crippen LogP contribution in [0.1, 0.15) is 37.6 Å². The number of alkyl halides is 1. The summed E-state index contributed by atoms with van der Waals surface area (Å²) in [6, 6.07) is 6.97. The highest BCUT2D eigenvalue weighted by Crippen LogP contribution is 2.27. The fraction of sp³-hybridized carbons (Fsp3) is 0.500. The van der Waals surface area contributed by atoms with Crippen molar-refractivity contribution in [2.75, 3.05) is 17.3 Å². The maximum atomic E-state index is 12.1. The van der Waals surface area contributed by atoms with E-state index in [0.29, 0.717) is 24.4 Å². The Labute approximate surface area is 130 Å². The number of rotatable bonds is 3. The van der Waals surface area contributed by atoms with E-state index in [4.69, 9.17) is 16.3 Å². The summed E-state index contributed by atoms with van der Waals surface area (Å²) in [5.41, 5.74) is 0.626. The molecule has 1 heterocycles. The van der Waals surface area contributed by atoms with Crippen LogP contribution in [-0.2, 0) is 9.53 Å². The summed E-state index contributed by atoms with van der Waals surface area (Å²) >= 11 is 5.83. The van der Waals surface area contributed by atoms with Crippen molar-refractivity contribution >= 4 is 29.2 Å². The molecule has 1 aliphatic heterocycles. The van der Waals surface area contributed by atoms with Crippen molar-refractivity contribution in [1.29, 1.82) is 0 Å². The largest absolute Gasteiger partial charge is 0.456 e. The molecule has 0 aliphatic carbocycles. The van der Waals surface area contributed by atoms with Gasteiger partial charge in [-0.1, -0.05) is 6.07 Å². The van der Waals surface area contributed by atoms with Gasteiger partial charge in [0.25, 0.3) is 0 Å². The van der Waals surface area contributed by atoms with Crippen LogP contribution >= 0.6 is 11.6 Å². The van der Waals surface area contributed by atoms with Gasteiger partial charge in [0.1, 0.15) is 5.60 Å². The Hall–Kier alpha value is -1.55. The summed E-state index contributed by atoms with van der Waals surface area (Å²) in [5.74, 6) is 0.296. The first-order valence-corrected chi connectivity index (χ1v) is 7.53. The molecule has 1 unspecified atom stereocenters. The van der Waals surface area contributed by atoms with E-state index in [0.717, 1.165) is 5.69 Å². The number of halogens is 1. The molecular formula is C16H20ClNO3. The highest BCUT2D eigenvalue weighted by Gasteiger charge is 2.30. The van der Waals surface area contributed by atoms with Crippen LogP contribution in [0.5, 0.6) is 0 Å². The first kappa shape index (κ1) is 15.8. The third kappa shape index (κ3) is 3.97. The van der Waals surface area contributed by atoms with E-state index in [1.807, 2.05) is 26.8 Å². The number of anilines is 1. The minimum atomic E-state index is -0.541. The molecule has 21 heavy (non-hydrogen) atoms. The van der Waals surface area contributed by atoms with Crippen LogP contribution in [0.4, 0.5) is 5.69 Å². The van der Waals surface area contributed by atoms with Crippen LogP contribution in [0.15, 0.2) is 24.3 Å². The van der Waals surface area contributed by atoms with Gasteiger partial charge in [0.05, 0.1) is 5.56 Å². The zero-order chi connectivity index (χ0) is 15.6. The Morgan fingerprint density at radius 1 is 1.43 bits per heavy atom. The van der Waals surface area contributed by atoms with Crippen molar-refractivity contribution in [3.05, 3.63) is 29.8 Å². The number of nitrogens with zero attached hydrogens (tertiary/aromatic N) is 1. The molecule has 1 aromatic rings. The minimum Gasteiger partial charge on any atom is -0.456 e. The molecule has 0 aromatic heterocycles. The van der Waals surface area contributed by atoms with E-state index < -0.39 is 5.60 Å². The molecule has 4 nitrogen and oxygen atoms in total. The van der Waals surface area contributed by atoms with Crippen LogP contribution in [0.25, 0.3) is 0 Å². The van der Waals surface area contributed by atoms with Crippen molar-refractivity contribution in [2.24, 2.45) is 5.92 Å². The summed E-state index contributed by atoms with van der Waals surface area (Å²) in [4.78, 5) is 25.8. The zero-order valence-corrected chi connectivity index (χ0v) is 13.3. The van der Waals surface area contributed by atoms with Gasteiger partial charge in [-0.3, -0.25) is 4.79 Å². The van der Waals surface area contributed by atoms with Gasteiger partial charge in [-0.15, -0.1) is 11.6 Å². The molecule has 1 fully saturated rings. The smallest absolute Gasteiger partial charge is 0.338 e. The van der Waals surface area contributed by atoms with Crippen LogP contribution in [0.3, 0.4) is 0 Å². The Morgan fingerprint density at radius 2 is 2.14 bits per heavy atom. The molecular weight excluding hydrogens is 290 g/mol. The van der Waals surface area contributed by atoms with E-state index in [2.05, 4.69) is 0 Å². The lowest BCUT2D eigenvalue weighted by atomic mass is 10.1. The van der Waals surface area contributed by atoms with Gasteiger partial charge in [-0.2, -0.15) is 0 Å². The SMILES string of the molecule is CC(C)(C)OC(=O)c1cccc(N2CC(CCl)CC2=O)c1. The third-order valence-electron chi connectivity index (χ3n) is 3.22. The molecule has 0 bridgehead atoms. The average molecular weight is 310 g/mol. The van der Waals surface area contributed by atoms with E-state index in [1.54, 1.807) is 23.1 Å². The Bertz CT molecular complexity index is 551. The second-order valence-corrected chi connectivity index (χ2v) is 6.59. The monoisotopic (exact) mass is 309 g/mol. The van der Waals surface area contributed by atoms with Crippen LogP contribution in [0, 0.1) is 5.92 Å². The number of ether oxygens (including phenoxy) is 1. The van der Waals surface area contributed by atoms with Gasteiger partial charge < -0.3 is 9.64 Å². The topological polar surface area (TPSA) is 46.6 Å².